The molecule has 174 valence electrons. The lowest BCUT2D eigenvalue weighted by atomic mass is 9.85. The molecule has 1 aliphatic carbocycles. The van der Waals surface area contributed by atoms with Gasteiger partial charge in [-0.25, -0.2) is 18.9 Å². The molecule has 0 bridgehead atoms. The van der Waals surface area contributed by atoms with Gasteiger partial charge in [0.25, 0.3) is 0 Å². The number of nitrogens with two attached hydrogens (primary N) is 1. The number of fused-ring (bicyclic) bond motifs is 2. The zero-order valence-electron chi connectivity index (χ0n) is 20.0. The molecule has 2 aliphatic rings. The van der Waals surface area contributed by atoms with E-state index in [-0.39, 0.29) is 5.82 Å². The largest absolute Gasteiger partial charge is 0.382 e. The van der Waals surface area contributed by atoms with Gasteiger partial charge in [-0.3, -0.25) is 0 Å². The summed E-state index contributed by atoms with van der Waals surface area (Å²) in [6, 6.07) is 3.32. The highest BCUT2D eigenvalue weighted by atomic mass is 19.1. The van der Waals surface area contributed by atoms with Crippen molar-refractivity contribution in [2.45, 2.75) is 52.4 Å². The minimum absolute atomic E-state index is 0.297. The van der Waals surface area contributed by atoms with Crippen LogP contribution in [-0.4, -0.2) is 31.5 Å². The maximum Gasteiger partial charge on any atom is 0.153 e. The molecule has 33 heavy (non-hydrogen) atoms. The van der Waals surface area contributed by atoms with Crippen molar-refractivity contribution < 1.29 is 4.39 Å². The molecule has 2 aromatic heterocycles. The van der Waals surface area contributed by atoms with Gasteiger partial charge >= 0.3 is 0 Å². The fourth-order valence-electron chi connectivity index (χ4n) is 3.73. The summed E-state index contributed by atoms with van der Waals surface area (Å²) in [6.07, 6.45) is 11.4. The first kappa shape index (κ1) is 24.2. The van der Waals surface area contributed by atoms with E-state index in [0.29, 0.717) is 28.5 Å². The highest BCUT2D eigenvalue weighted by Crippen LogP contribution is 2.40. The lowest BCUT2D eigenvalue weighted by Gasteiger charge is -2.24. The Morgan fingerprint density at radius 3 is 2.55 bits per heavy atom. The minimum atomic E-state index is -0.348. The van der Waals surface area contributed by atoms with Crippen LogP contribution in [0.5, 0.6) is 0 Å². The summed E-state index contributed by atoms with van der Waals surface area (Å²) >= 11 is 0. The van der Waals surface area contributed by atoms with Crippen molar-refractivity contribution in [1.29, 1.82) is 0 Å². The second-order valence-corrected chi connectivity index (χ2v) is 7.84. The number of anilines is 1. The van der Waals surface area contributed by atoms with Gasteiger partial charge in [0.1, 0.15) is 29.2 Å². The van der Waals surface area contributed by atoms with E-state index >= 15 is 4.39 Å². The molecule has 1 saturated carbocycles. The summed E-state index contributed by atoms with van der Waals surface area (Å²) in [6.45, 7) is 13.7. The van der Waals surface area contributed by atoms with Crippen molar-refractivity contribution in [3.05, 3.63) is 66.7 Å². The number of benzene rings is 1. The Labute approximate surface area is 195 Å². The molecule has 0 radical (unpaired) electrons. The standard InChI is InChI=1S/C20H19FN6.C4H8.C2H6/c1-11-14-9-15(16(21)8-13(14)6-7-26(11)2)17-18-19(22)23-10-24-27(18)20(25-17)12-4-3-5-12;1-3-4-2;1-2/h6-10,12H,1,3-5H2,2H3,(H2,22,23,24);3H,1,4H2,2H3;1-2H3. The molecule has 0 unspecified atom stereocenters. The Morgan fingerprint density at radius 2 is 1.94 bits per heavy atom. The van der Waals surface area contributed by atoms with E-state index in [2.05, 4.69) is 30.2 Å². The first-order valence-corrected chi connectivity index (χ1v) is 11.5. The van der Waals surface area contributed by atoms with E-state index < -0.39 is 0 Å². The Bertz CT molecular complexity index is 1190. The lowest BCUT2D eigenvalue weighted by molar-refractivity contribution is 0.396. The summed E-state index contributed by atoms with van der Waals surface area (Å²) in [5, 5.41) is 4.34. The van der Waals surface area contributed by atoms with Gasteiger partial charge in [-0.15, -0.1) is 6.58 Å². The van der Waals surface area contributed by atoms with Crippen molar-refractivity contribution in [3.8, 4) is 11.3 Å². The Hall–Kier alpha value is -3.48. The van der Waals surface area contributed by atoms with Crippen molar-refractivity contribution in [3.63, 3.8) is 0 Å². The van der Waals surface area contributed by atoms with Crippen LogP contribution in [0.4, 0.5) is 10.2 Å². The van der Waals surface area contributed by atoms with E-state index in [1.165, 1.54) is 18.8 Å². The molecule has 3 aromatic rings. The van der Waals surface area contributed by atoms with E-state index in [0.717, 1.165) is 41.9 Å². The van der Waals surface area contributed by atoms with Crippen LogP contribution in [0.15, 0.2) is 43.9 Å². The maximum absolute atomic E-state index is 15.0. The van der Waals surface area contributed by atoms with Crippen molar-refractivity contribution in [2.24, 2.45) is 0 Å². The molecule has 5 rings (SSSR count). The molecule has 0 spiro atoms. The summed E-state index contributed by atoms with van der Waals surface area (Å²) in [5.74, 6) is 1.10. The molecule has 1 aliphatic heterocycles. The fourth-order valence-corrected chi connectivity index (χ4v) is 3.73. The van der Waals surface area contributed by atoms with Gasteiger partial charge in [0.2, 0.25) is 0 Å². The van der Waals surface area contributed by atoms with Crippen LogP contribution < -0.4 is 5.73 Å². The molecular formula is C26H33FN6. The number of nitrogens with zero attached hydrogens (tertiary/aromatic N) is 5. The Balaban J connectivity index is 0.000000464. The lowest BCUT2D eigenvalue weighted by Crippen LogP contribution is -2.14. The number of nitrogen functional groups attached to an aromatic ring is 1. The number of imidazole rings is 1. The van der Waals surface area contributed by atoms with E-state index in [1.54, 1.807) is 10.6 Å². The molecule has 2 N–H and O–H groups in total. The number of allylic oxidation sites excluding steroid dienone is 1. The number of hydrogen-bond donors (Lipinski definition) is 1. The number of aromatic nitrogens is 4. The topological polar surface area (TPSA) is 72.3 Å². The van der Waals surface area contributed by atoms with Crippen molar-refractivity contribution in [1.82, 2.24) is 24.5 Å². The zero-order chi connectivity index (χ0) is 24.1. The molecule has 0 atom stereocenters. The van der Waals surface area contributed by atoms with Gasteiger partial charge in [-0.2, -0.15) is 5.10 Å². The van der Waals surface area contributed by atoms with Crippen molar-refractivity contribution in [2.75, 3.05) is 12.8 Å². The van der Waals surface area contributed by atoms with E-state index in [9.17, 15) is 0 Å². The Morgan fingerprint density at radius 1 is 1.24 bits per heavy atom. The maximum atomic E-state index is 15.0. The summed E-state index contributed by atoms with van der Waals surface area (Å²) in [5.41, 5.74) is 10.0. The molecule has 3 heterocycles. The molecule has 6 nitrogen and oxygen atoms in total. The average Bonchev–Trinajstić information content (AvgIpc) is 3.17. The number of rotatable bonds is 3. The third kappa shape index (κ3) is 4.53. The van der Waals surface area contributed by atoms with Crippen LogP contribution in [0, 0.1) is 5.82 Å². The third-order valence-corrected chi connectivity index (χ3v) is 5.85. The van der Waals surface area contributed by atoms with Crippen LogP contribution >= 0.6 is 0 Å². The SMILES string of the molecule is C=C1c2cc(-c3nc(C4CCC4)n4ncnc(N)c34)c(F)cc2C=CN1C.C=CCC.CC. The number of hydrogen-bond acceptors (Lipinski definition) is 5. The van der Waals surface area contributed by atoms with Crippen LogP contribution in [0.25, 0.3) is 28.5 Å². The highest BCUT2D eigenvalue weighted by Gasteiger charge is 2.29. The normalized spacial score (nSPS) is 14.6. The van der Waals surface area contributed by atoms with Gasteiger partial charge in [0.05, 0.1) is 0 Å². The molecule has 7 heteroatoms. The number of halogens is 1. The van der Waals surface area contributed by atoms with Gasteiger partial charge in [0, 0.05) is 36.0 Å². The first-order valence-electron chi connectivity index (χ1n) is 11.5. The van der Waals surface area contributed by atoms with Gasteiger partial charge in [-0.1, -0.05) is 39.8 Å². The smallest absolute Gasteiger partial charge is 0.153 e. The summed E-state index contributed by atoms with van der Waals surface area (Å²) in [7, 11) is 1.91. The molecular weight excluding hydrogens is 415 g/mol. The molecule has 0 amide bonds. The summed E-state index contributed by atoms with van der Waals surface area (Å²) < 4.78 is 16.8. The van der Waals surface area contributed by atoms with Crippen LogP contribution in [0.2, 0.25) is 0 Å². The average molecular weight is 449 g/mol. The highest BCUT2D eigenvalue weighted by molar-refractivity contribution is 5.88. The molecule has 0 saturated heterocycles. The van der Waals surface area contributed by atoms with Crippen LogP contribution in [0.3, 0.4) is 0 Å². The monoisotopic (exact) mass is 448 g/mol. The summed E-state index contributed by atoms with van der Waals surface area (Å²) in [4.78, 5) is 10.8. The van der Waals surface area contributed by atoms with Crippen molar-refractivity contribution >= 4 is 23.1 Å². The fraction of sp³-hybridized carbons (Fsp3) is 0.346. The third-order valence-electron chi connectivity index (χ3n) is 5.85. The van der Waals surface area contributed by atoms with E-state index in [4.69, 9.17) is 10.7 Å². The first-order chi connectivity index (χ1) is 16.0. The molecule has 1 aromatic carbocycles. The van der Waals surface area contributed by atoms with Crippen LogP contribution in [0.1, 0.15) is 69.3 Å². The van der Waals surface area contributed by atoms with Crippen LogP contribution in [-0.2, 0) is 0 Å². The molecule has 1 fully saturated rings. The predicted octanol–water partition coefficient (Wildman–Crippen LogP) is 6.28. The second kappa shape index (κ2) is 10.4. The van der Waals surface area contributed by atoms with Gasteiger partial charge in [-0.05, 0) is 43.0 Å². The van der Waals surface area contributed by atoms with Gasteiger partial charge in [0.15, 0.2) is 5.82 Å². The minimum Gasteiger partial charge on any atom is -0.382 e. The predicted molar refractivity (Wildman–Crippen MR) is 135 cm³/mol. The van der Waals surface area contributed by atoms with Gasteiger partial charge < -0.3 is 10.6 Å². The Kier molecular flexibility index (Phi) is 7.63. The quantitative estimate of drug-likeness (QED) is 0.478. The second-order valence-electron chi connectivity index (χ2n) is 7.84. The van der Waals surface area contributed by atoms with E-state index in [1.807, 2.05) is 44.1 Å². The zero-order valence-corrected chi connectivity index (χ0v) is 20.0.